The van der Waals surface area contributed by atoms with Gasteiger partial charge in [-0.05, 0) is 43.3 Å². The number of ketones is 1. The first-order valence-corrected chi connectivity index (χ1v) is 12.0. The van der Waals surface area contributed by atoms with Crippen molar-refractivity contribution in [2.45, 2.75) is 24.7 Å². The maximum atomic E-state index is 13.5. The molecule has 33 heavy (non-hydrogen) atoms. The molecule has 9 nitrogen and oxygen atoms in total. The number of nitrogens with zero attached hydrogens (tertiary/aromatic N) is 2. The Morgan fingerprint density at radius 3 is 2.21 bits per heavy atom. The zero-order valence-corrected chi connectivity index (χ0v) is 19.8. The zero-order chi connectivity index (χ0) is 24.0. The van der Waals surface area contributed by atoms with Gasteiger partial charge in [-0.2, -0.15) is 0 Å². The van der Waals surface area contributed by atoms with Crippen molar-refractivity contribution in [2.75, 3.05) is 49.7 Å². The van der Waals surface area contributed by atoms with Crippen LogP contribution in [0.3, 0.4) is 0 Å². The Morgan fingerprint density at radius 1 is 1.00 bits per heavy atom. The van der Waals surface area contributed by atoms with E-state index in [0.717, 1.165) is 9.99 Å². The summed E-state index contributed by atoms with van der Waals surface area (Å²) in [5.41, 5.74) is 1.19. The molecule has 1 heterocycles. The summed E-state index contributed by atoms with van der Waals surface area (Å²) in [7, 11) is -1.26. The van der Waals surface area contributed by atoms with Gasteiger partial charge in [0.15, 0.2) is 11.5 Å². The van der Waals surface area contributed by atoms with E-state index in [1.165, 1.54) is 32.4 Å². The number of sulfonamides is 1. The molecule has 0 aliphatic carbocycles. The number of Topliss-reactive ketones (excluding diaryl/α,β-unsaturated/α-hetero) is 1. The molecule has 0 N–H and O–H groups in total. The highest BCUT2D eigenvalue weighted by atomic mass is 32.2. The molecule has 3 rings (SSSR count). The van der Waals surface area contributed by atoms with Crippen molar-refractivity contribution in [3.63, 3.8) is 0 Å². The summed E-state index contributed by atoms with van der Waals surface area (Å²) in [6, 6.07) is 11.1. The molecule has 10 heteroatoms. The normalized spacial score (nSPS) is 14.0. The average Bonchev–Trinajstić information content (AvgIpc) is 2.82. The van der Waals surface area contributed by atoms with Gasteiger partial charge in [-0.3, -0.25) is 13.9 Å². The molecule has 0 bridgehead atoms. The Kier molecular flexibility index (Phi) is 7.80. The molecule has 1 aliphatic rings. The van der Waals surface area contributed by atoms with Gasteiger partial charge in [-0.1, -0.05) is 0 Å². The van der Waals surface area contributed by atoms with Gasteiger partial charge in [0.1, 0.15) is 12.3 Å². The van der Waals surface area contributed by atoms with E-state index in [9.17, 15) is 18.0 Å². The molecule has 0 unspecified atom stereocenters. The molecule has 0 amide bonds. The molecule has 1 aliphatic heterocycles. The summed E-state index contributed by atoms with van der Waals surface area (Å²) < 4.78 is 43.5. The van der Waals surface area contributed by atoms with Gasteiger partial charge in [0.05, 0.1) is 31.4 Å². The average molecular weight is 477 g/mol. The second kappa shape index (κ2) is 10.6. The van der Waals surface area contributed by atoms with Gasteiger partial charge in [0, 0.05) is 37.7 Å². The lowest BCUT2D eigenvalue weighted by atomic mass is 10.1. The number of hydrogen-bond donors (Lipinski definition) is 0. The maximum Gasteiger partial charge on any atom is 0.326 e. The van der Waals surface area contributed by atoms with Gasteiger partial charge in [0.25, 0.3) is 10.0 Å². The number of ether oxygens (including phenoxy) is 3. The molecule has 2 aromatic carbocycles. The molecule has 0 saturated carbocycles. The van der Waals surface area contributed by atoms with Crippen molar-refractivity contribution in [3.05, 3.63) is 42.5 Å². The van der Waals surface area contributed by atoms with E-state index in [2.05, 4.69) is 4.90 Å². The first kappa shape index (κ1) is 24.4. The number of benzene rings is 2. The quantitative estimate of drug-likeness (QED) is 0.509. The fourth-order valence-electron chi connectivity index (χ4n) is 3.59. The first-order chi connectivity index (χ1) is 15.8. The van der Waals surface area contributed by atoms with Gasteiger partial charge in [0.2, 0.25) is 0 Å². The molecule has 2 aromatic rings. The van der Waals surface area contributed by atoms with Crippen molar-refractivity contribution in [1.29, 1.82) is 0 Å². The Hall–Kier alpha value is -3.27. The first-order valence-electron chi connectivity index (χ1n) is 10.6. The van der Waals surface area contributed by atoms with Crippen LogP contribution in [0.4, 0.5) is 11.4 Å². The largest absolute Gasteiger partial charge is 0.493 e. The summed E-state index contributed by atoms with van der Waals surface area (Å²) in [5.74, 6) is 0.215. The summed E-state index contributed by atoms with van der Waals surface area (Å²) >= 11 is 0. The minimum absolute atomic E-state index is 0.0527. The van der Waals surface area contributed by atoms with Crippen LogP contribution in [0, 0.1) is 0 Å². The third-order valence-electron chi connectivity index (χ3n) is 5.34. The van der Waals surface area contributed by atoms with E-state index in [4.69, 9.17) is 14.2 Å². The maximum absolute atomic E-state index is 13.5. The Bertz CT molecular complexity index is 1090. The van der Waals surface area contributed by atoms with Crippen LogP contribution in [-0.2, 0) is 24.3 Å². The monoisotopic (exact) mass is 476 g/mol. The van der Waals surface area contributed by atoms with Crippen molar-refractivity contribution in [1.82, 2.24) is 0 Å². The summed E-state index contributed by atoms with van der Waals surface area (Å²) in [5, 5.41) is 0. The number of carbonyl (C=O) groups excluding carboxylic acids is 2. The van der Waals surface area contributed by atoms with E-state index < -0.39 is 22.5 Å². The fourth-order valence-corrected chi connectivity index (χ4v) is 5.01. The van der Waals surface area contributed by atoms with Gasteiger partial charge in [-0.15, -0.1) is 0 Å². The van der Waals surface area contributed by atoms with Crippen molar-refractivity contribution in [3.8, 4) is 11.5 Å². The molecule has 0 radical (unpaired) electrons. The second-order valence-electron chi connectivity index (χ2n) is 7.38. The third kappa shape index (κ3) is 5.57. The van der Waals surface area contributed by atoms with Crippen molar-refractivity contribution >= 4 is 33.2 Å². The number of piperidine rings is 1. The fraction of sp³-hybridized carbons (Fsp3) is 0.391. The predicted molar refractivity (Wildman–Crippen MR) is 124 cm³/mol. The van der Waals surface area contributed by atoms with E-state index >= 15 is 0 Å². The Morgan fingerprint density at radius 2 is 1.64 bits per heavy atom. The van der Waals surface area contributed by atoms with E-state index in [-0.39, 0.29) is 23.0 Å². The molecular formula is C23H28N2O7S. The number of esters is 1. The van der Waals surface area contributed by atoms with Crippen LogP contribution in [0.25, 0.3) is 0 Å². The number of rotatable bonds is 9. The molecule has 0 aromatic heterocycles. The SMILES string of the molecule is CCOC(=O)CN(c1ccc(N2CCC(=O)CC2)cc1)S(=O)(=O)c1ccc(OC)c(OC)c1. The van der Waals surface area contributed by atoms with Gasteiger partial charge >= 0.3 is 5.97 Å². The summed E-state index contributed by atoms with van der Waals surface area (Å²) in [6.07, 6.45) is 0.981. The number of hydrogen-bond acceptors (Lipinski definition) is 8. The summed E-state index contributed by atoms with van der Waals surface area (Å²) in [4.78, 5) is 25.8. The van der Waals surface area contributed by atoms with E-state index in [0.29, 0.717) is 37.4 Å². The van der Waals surface area contributed by atoms with Gasteiger partial charge in [-0.25, -0.2) is 8.42 Å². The molecular weight excluding hydrogens is 448 g/mol. The van der Waals surface area contributed by atoms with Crippen LogP contribution in [0.1, 0.15) is 19.8 Å². The molecule has 178 valence electrons. The third-order valence-corrected chi connectivity index (χ3v) is 7.11. The smallest absolute Gasteiger partial charge is 0.326 e. The number of carbonyl (C=O) groups is 2. The standard InChI is InChI=1S/C23H28N2O7S/c1-4-32-23(27)16-25(33(28,29)20-9-10-21(30-2)22(15-20)31-3)18-7-5-17(6-8-18)24-13-11-19(26)12-14-24/h5-10,15H,4,11-14,16H2,1-3H3. The predicted octanol–water partition coefficient (Wildman–Crippen LogP) is 2.63. The number of methoxy groups -OCH3 is 2. The van der Waals surface area contributed by atoms with Crippen LogP contribution in [-0.4, -0.2) is 60.6 Å². The Balaban J connectivity index is 1.96. The van der Waals surface area contributed by atoms with Crippen LogP contribution in [0.2, 0.25) is 0 Å². The molecule has 1 fully saturated rings. The molecule has 0 atom stereocenters. The lowest BCUT2D eigenvalue weighted by Gasteiger charge is -2.29. The molecule has 0 spiro atoms. The Labute approximate surface area is 193 Å². The highest BCUT2D eigenvalue weighted by Gasteiger charge is 2.29. The van der Waals surface area contributed by atoms with Gasteiger partial charge < -0.3 is 19.1 Å². The van der Waals surface area contributed by atoms with Crippen molar-refractivity contribution < 1.29 is 32.2 Å². The summed E-state index contributed by atoms with van der Waals surface area (Å²) in [6.45, 7) is 2.55. The minimum atomic E-state index is -4.13. The van der Waals surface area contributed by atoms with Crippen LogP contribution >= 0.6 is 0 Å². The van der Waals surface area contributed by atoms with Crippen LogP contribution < -0.4 is 18.7 Å². The topological polar surface area (TPSA) is 102 Å². The van der Waals surface area contributed by atoms with E-state index in [1.54, 1.807) is 31.2 Å². The van der Waals surface area contributed by atoms with Crippen LogP contribution in [0.5, 0.6) is 11.5 Å². The van der Waals surface area contributed by atoms with E-state index in [1.807, 2.05) is 0 Å². The van der Waals surface area contributed by atoms with Crippen LogP contribution in [0.15, 0.2) is 47.4 Å². The highest BCUT2D eigenvalue weighted by Crippen LogP contribution is 2.33. The highest BCUT2D eigenvalue weighted by molar-refractivity contribution is 7.92. The zero-order valence-electron chi connectivity index (χ0n) is 18.9. The second-order valence-corrected chi connectivity index (χ2v) is 9.24. The lowest BCUT2D eigenvalue weighted by molar-refractivity contribution is -0.141. The lowest BCUT2D eigenvalue weighted by Crippen LogP contribution is -2.37. The molecule has 1 saturated heterocycles. The minimum Gasteiger partial charge on any atom is -0.493 e. The number of anilines is 2. The van der Waals surface area contributed by atoms with Crippen molar-refractivity contribution in [2.24, 2.45) is 0 Å².